The quantitative estimate of drug-likeness (QED) is 0.673. The average molecular weight is 298 g/mol. The lowest BCUT2D eigenvalue weighted by Gasteiger charge is -2.31. The Labute approximate surface area is 127 Å². The molecule has 0 saturated carbocycles. The summed E-state index contributed by atoms with van der Waals surface area (Å²) in [7, 11) is 3.33. The molecule has 0 saturated heterocycles. The first-order valence-electron chi connectivity index (χ1n) is 7.34. The van der Waals surface area contributed by atoms with E-state index in [1.807, 2.05) is 11.0 Å². The summed E-state index contributed by atoms with van der Waals surface area (Å²) in [5.74, 6) is -0.189. The third-order valence-electron chi connectivity index (χ3n) is 3.32. The van der Waals surface area contributed by atoms with Crippen molar-refractivity contribution in [3.63, 3.8) is 0 Å². The zero-order valence-corrected chi connectivity index (χ0v) is 13.5. The monoisotopic (exact) mass is 298 g/mol. The maximum atomic E-state index is 14.3. The van der Waals surface area contributed by atoms with Gasteiger partial charge in [-0.05, 0) is 25.5 Å². The first kappa shape index (κ1) is 17.9. The molecule has 0 unspecified atom stereocenters. The molecule has 5 heteroatoms. The van der Waals surface area contributed by atoms with E-state index in [2.05, 4.69) is 19.2 Å². The van der Waals surface area contributed by atoms with E-state index in [1.165, 1.54) is 6.07 Å². The molecule has 0 radical (unpaired) electrons. The number of anilines is 1. The van der Waals surface area contributed by atoms with Crippen LogP contribution < -0.4 is 10.2 Å². The molecule has 0 fully saturated rings. The maximum Gasteiger partial charge on any atom is 0.146 e. The van der Waals surface area contributed by atoms with Crippen molar-refractivity contribution in [2.45, 2.75) is 26.4 Å². The van der Waals surface area contributed by atoms with Crippen molar-refractivity contribution in [3.8, 4) is 0 Å². The molecule has 0 spiro atoms. The van der Waals surface area contributed by atoms with Gasteiger partial charge in [-0.3, -0.25) is 0 Å². The Kier molecular flexibility index (Phi) is 8.27. The molecule has 1 N–H and O–H groups in total. The summed E-state index contributed by atoms with van der Waals surface area (Å²) in [4.78, 5) is 2.05. The number of methoxy groups -OCH3 is 2. The Morgan fingerprint density at radius 1 is 1.19 bits per heavy atom. The number of ether oxygens (including phenoxy) is 2. The predicted molar refractivity (Wildman–Crippen MR) is 84.3 cm³/mol. The van der Waals surface area contributed by atoms with Crippen molar-refractivity contribution in [3.05, 3.63) is 29.6 Å². The number of nitrogens with zero attached hydrogens (tertiary/aromatic N) is 1. The summed E-state index contributed by atoms with van der Waals surface area (Å²) in [5, 5.41) is 3.27. The average Bonchev–Trinajstić information content (AvgIpc) is 2.45. The third-order valence-corrected chi connectivity index (χ3v) is 3.32. The van der Waals surface area contributed by atoms with Crippen LogP contribution in [0.4, 0.5) is 10.1 Å². The fourth-order valence-electron chi connectivity index (χ4n) is 2.24. The molecule has 21 heavy (non-hydrogen) atoms. The number of benzene rings is 1. The summed E-state index contributed by atoms with van der Waals surface area (Å²) < 4.78 is 24.5. The van der Waals surface area contributed by atoms with E-state index in [0.29, 0.717) is 32.0 Å². The maximum absolute atomic E-state index is 14.3. The van der Waals surface area contributed by atoms with Crippen LogP contribution in [0.25, 0.3) is 0 Å². The van der Waals surface area contributed by atoms with Crippen molar-refractivity contribution in [1.29, 1.82) is 0 Å². The molecule has 120 valence electrons. The first-order chi connectivity index (χ1) is 10.1. The van der Waals surface area contributed by atoms with Crippen molar-refractivity contribution in [2.75, 3.05) is 45.4 Å². The molecular weight excluding hydrogens is 271 g/mol. The van der Waals surface area contributed by atoms with Crippen LogP contribution in [0.2, 0.25) is 0 Å². The zero-order valence-electron chi connectivity index (χ0n) is 13.5. The topological polar surface area (TPSA) is 33.7 Å². The summed E-state index contributed by atoms with van der Waals surface area (Å²) in [6.07, 6.45) is 0. The van der Waals surface area contributed by atoms with Gasteiger partial charge in [0, 0.05) is 39.9 Å². The smallest absolute Gasteiger partial charge is 0.146 e. The van der Waals surface area contributed by atoms with Gasteiger partial charge in [0.1, 0.15) is 5.82 Å². The minimum Gasteiger partial charge on any atom is -0.383 e. The fraction of sp³-hybridized carbons (Fsp3) is 0.625. The Morgan fingerprint density at radius 2 is 1.90 bits per heavy atom. The van der Waals surface area contributed by atoms with E-state index in [4.69, 9.17) is 9.47 Å². The number of para-hydroxylation sites is 1. The minimum atomic E-state index is -0.189. The van der Waals surface area contributed by atoms with Crippen LogP contribution in [-0.2, 0) is 16.0 Å². The van der Waals surface area contributed by atoms with Crippen LogP contribution in [0.3, 0.4) is 0 Å². The Balaban J connectivity index is 2.90. The van der Waals surface area contributed by atoms with Crippen LogP contribution in [0.15, 0.2) is 18.2 Å². The number of hydrogen-bond acceptors (Lipinski definition) is 4. The van der Waals surface area contributed by atoms with Gasteiger partial charge in [-0.1, -0.05) is 12.1 Å². The highest BCUT2D eigenvalue weighted by molar-refractivity contribution is 5.55. The SMILES string of the molecule is COCCNCc1cccc(F)c1N(CCOC)C(C)C. The van der Waals surface area contributed by atoms with Crippen molar-refractivity contribution >= 4 is 5.69 Å². The summed E-state index contributed by atoms with van der Waals surface area (Å²) >= 11 is 0. The van der Waals surface area contributed by atoms with E-state index >= 15 is 0 Å². The molecule has 0 aliphatic carbocycles. The Hall–Kier alpha value is -1.17. The second-order valence-corrected chi connectivity index (χ2v) is 5.20. The van der Waals surface area contributed by atoms with Gasteiger partial charge >= 0.3 is 0 Å². The van der Waals surface area contributed by atoms with Crippen LogP contribution in [0, 0.1) is 5.82 Å². The molecule has 4 nitrogen and oxygen atoms in total. The Morgan fingerprint density at radius 3 is 2.52 bits per heavy atom. The fourth-order valence-corrected chi connectivity index (χ4v) is 2.24. The lowest BCUT2D eigenvalue weighted by molar-refractivity contribution is 0.199. The molecular formula is C16H27FN2O2. The van der Waals surface area contributed by atoms with Crippen LogP contribution >= 0.6 is 0 Å². The highest BCUT2D eigenvalue weighted by Crippen LogP contribution is 2.26. The Bertz CT molecular complexity index is 413. The summed E-state index contributed by atoms with van der Waals surface area (Å²) in [6.45, 7) is 7.36. The molecule has 0 aromatic heterocycles. The summed E-state index contributed by atoms with van der Waals surface area (Å²) in [6, 6.07) is 5.42. The lowest BCUT2D eigenvalue weighted by atomic mass is 10.1. The van der Waals surface area contributed by atoms with Gasteiger partial charge in [-0.2, -0.15) is 0 Å². The molecule has 0 atom stereocenters. The zero-order chi connectivity index (χ0) is 15.7. The largest absolute Gasteiger partial charge is 0.383 e. The molecule has 0 aliphatic rings. The minimum absolute atomic E-state index is 0.189. The lowest BCUT2D eigenvalue weighted by Crippen LogP contribution is -2.36. The first-order valence-corrected chi connectivity index (χ1v) is 7.34. The summed E-state index contributed by atoms with van der Waals surface area (Å²) in [5.41, 5.74) is 1.62. The van der Waals surface area contributed by atoms with Gasteiger partial charge in [-0.15, -0.1) is 0 Å². The van der Waals surface area contributed by atoms with Crippen LogP contribution in [0.1, 0.15) is 19.4 Å². The highest BCUT2D eigenvalue weighted by atomic mass is 19.1. The van der Waals surface area contributed by atoms with Gasteiger partial charge in [0.2, 0.25) is 0 Å². The van der Waals surface area contributed by atoms with Gasteiger partial charge in [0.05, 0.1) is 18.9 Å². The number of rotatable bonds is 10. The van der Waals surface area contributed by atoms with E-state index in [0.717, 1.165) is 12.1 Å². The van der Waals surface area contributed by atoms with Crippen molar-refractivity contribution in [1.82, 2.24) is 5.32 Å². The molecule has 0 bridgehead atoms. The van der Waals surface area contributed by atoms with Gasteiger partial charge in [0.15, 0.2) is 0 Å². The number of hydrogen-bond donors (Lipinski definition) is 1. The highest BCUT2D eigenvalue weighted by Gasteiger charge is 2.18. The van der Waals surface area contributed by atoms with E-state index in [1.54, 1.807) is 20.3 Å². The molecule has 0 heterocycles. The molecule has 0 aliphatic heterocycles. The van der Waals surface area contributed by atoms with Gasteiger partial charge in [0.25, 0.3) is 0 Å². The van der Waals surface area contributed by atoms with Crippen LogP contribution in [-0.4, -0.2) is 46.6 Å². The van der Waals surface area contributed by atoms with E-state index in [9.17, 15) is 4.39 Å². The molecule has 1 aromatic rings. The van der Waals surface area contributed by atoms with Crippen LogP contribution in [0.5, 0.6) is 0 Å². The van der Waals surface area contributed by atoms with E-state index in [-0.39, 0.29) is 11.9 Å². The van der Waals surface area contributed by atoms with Crippen molar-refractivity contribution < 1.29 is 13.9 Å². The van der Waals surface area contributed by atoms with Gasteiger partial charge < -0.3 is 19.7 Å². The second kappa shape index (κ2) is 9.71. The predicted octanol–water partition coefficient (Wildman–Crippen LogP) is 2.42. The van der Waals surface area contributed by atoms with Crippen molar-refractivity contribution in [2.24, 2.45) is 0 Å². The number of halogens is 1. The molecule has 1 rings (SSSR count). The number of nitrogens with one attached hydrogen (secondary N) is 1. The standard InChI is InChI=1S/C16H27FN2O2/c1-13(2)19(9-11-21-4)16-14(6-5-7-15(16)17)12-18-8-10-20-3/h5-7,13,18H,8-12H2,1-4H3. The third kappa shape index (κ3) is 5.61. The molecule has 0 amide bonds. The normalized spacial score (nSPS) is 11.1. The molecule has 1 aromatic carbocycles. The van der Waals surface area contributed by atoms with E-state index < -0.39 is 0 Å². The van der Waals surface area contributed by atoms with Gasteiger partial charge in [-0.25, -0.2) is 4.39 Å². The second-order valence-electron chi connectivity index (χ2n) is 5.20.